The Balaban J connectivity index is 1.24. The molecule has 9 nitrogen and oxygen atoms in total. The number of esters is 1. The zero-order chi connectivity index (χ0) is 27.5. The Morgan fingerprint density at radius 2 is 1.85 bits per heavy atom. The number of hydrogen-bond donors (Lipinski definition) is 2. The van der Waals surface area contributed by atoms with E-state index in [4.69, 9.17) is 14.3 Å². The third-order valence-electron chi connectivity index (χ3n) is 6.20. The predicted octanol–water partition coefficient (Wildman–Crippen LogP) is 6.21. The highest BCUT2D eigenvalue weighted by molar-refractivity contribution is 5.90. The van der Waals surface area contributed by atoms with E-state index in [2.05, 4.69) is 9.97 Å². The molecule has 0 saturated heterocycles. The van der Waals surface area contributed by atoms with Crippen LogP contribution < -0.4 is 0 Å². The number of carbonyl (C=O) groups excluding carboxylic acids is 1. The van der Waals surface area contributed by atoms with Crippen molar-refractivity contribution in [3.05, 3.63) is 114 Å². The van der Waals surface area contributed by atoms with Gasteiger partial charge in [-0.2, -0.15) is 10.4 Å². The van der Waals surface area contributed by atoms with Gasteiger partial charge in [0, 0.05) is 23.2 Å². The molecule has 40 heavy (non-hydrogen) atoms. The summed E-state index contributed by atoms with van der Waals surface area (Å²) >= 11 is 0. The number of furan rings is 1. The minimum absolute atomic E-state index is 0.107. The highest BCUT2D eigenvalue weighted by Gasteiger charge is 2.17. The number of fused-ring (bicyclic) bond motifs is 2. The lowest BCUT2D eigenvalue weighted by Crippen LogP contribution is -2.06. The van der Waals surface area contributed by atoms with E-state index < -0.39 is 18.3 Å². The van der Waals surface area contributed by atoms with Crippen LogP contribution >= 0.6 is 0 Å². The van der Waals surface area contributed by atoms with Crippen molar-refractivity contribution in [3.8, 4) is 23.2 Å². The van der Waals surface area contributed by atoms with Crippen molar-refractivity contribution in [1.29, 1.82) is 5.26 Å². The lowest BCUT2D eigenvalue weighted by molar-refractivity contribution is -0.137. The molecule has 194 valence electrons. The van der Waals surface area contributed by atoms with E-state index in [9.17, 15) is 15.2 Å². The maximum atomic E-state index is 12.6. The number of nitriles is 1. The molecule has 3 aromatic heterocycles. The largest absolute Gasteiger partial charge is 0.507 e. The summed E-state index contributed by atoms with van der Waals surface area (Å²) in [5, 5.41) is 25.7. The van der Waals surface area contributed by atoms with Gasteiger partial charge in [-0.1, -0.05) is 48.5 Å². The maximum Gasteiger partial charge on any atom is 0.331 e. The first-order valence-corrected chi connectivity index (χ1v) is 12.4. The fraction of sp³-hybridized carbons (Fsp3) is 0.0323. The summed E-state index contributed by atoms with van der Waals surface area (Å²) in [5.41, 5.74) is 3.99. The molecule has 0 aliphatic heterocycles. The summed E-state index contributed by atoms with van der Waals surface area (Å²) in [6.45, 7) is -0.497. The summed E-state index contributed by atoms with van der Waals surface area (Å²) in [4.78, 5) is 19.9. The number of nitrogens with one attached hydrogen (secondary N) is 1. The van der Waals surface area contributed by atoms with E-state index in [1.165, 1.54) is 6.08 Å². The van der Waals surface area contributed by atoms with Gasteiger partial charge in [0.2, 0.25) is 0 Å². The molecular weight excluding hydrogens is 506 g/mol. The van der Waals surface area contributed by atoms with Gasteiger partial charge < -0.3 is 19.2 Å². The molecule has 0 atom stereocenters. The fourth-order valence-electron chi connectivity index (χ4n) is 4.26. The van der Waals surface area contributed by atoms with Gasteiger partial charge in [-0.05, 0) is 42.5 Å². The van der Waals surface area contributed by atoms with E-state index in [1.54, 1.807) is 23.0 Å². The molecule has 6 rings (SSSR count). The number of aliphatic hydroxyl groups is 1. The number of carbonyl (C=O) groups is 1. The monoisotopic (exact) mass is 527 g/mol. The molecule has 9 heteroatoms. The summed E-state index contributed by atoms with van der Waals surface area (Å²) in [7, 11) is 0. The molecule has 2 N–H and O–H groups in total. The Morgan fingerprint density at radius 1 is 1.07 bits per heavy atom. The van der Waals surface area contributed by atoms with Crippen LogP contribution in [-0.4, -0.2) is 37.4 Å². The zero-order valence-electron chi connectivity index (χ0n) is 21.0. The molecule has 0 aliphatic rings. The molecule has 3 heterocycles. The molecule has 0 bridgehead atoms. The number of allylic oxidation sites excluding steroid dienone is 1. The predicted molar refractivity (Wildman–Crippen MR) is 150 cm³/mol. The number of nitrogens with zero attached hydrogens (tertiary/aromatic N) is 4. The second-order valence-corrected chi connectivity index (χ2v) is 8.84. The normalized spacial score (nSPS) is 12.1. The number of H-pyrrole nitrogens is 1. The Bertz CT molecular complexity index is 1890. The topological polar surface area (TPSA) is 130 Å². The van der Waals surface area contributed by atoms with Gasteiger partial charge in [0.15, 0.2) is 17.3 Å². The minimum atomic E-state index is -0.712. The van der Waals surface area contributed by atoms with Gasteiger partial charge >= 0.3 is 5.97 Å². The number of aromatic amines is 1. The van der Waals surface area contributed by atoms with Crippen LogP contribution in [0.2, 0.25) is 0 Å². The first-order chi connectivity index (χ1) is 19.6. The van der Waals surface area contributed by atoms with Crippen molar-refractivity contribution in [2.75, 3.05) is 6.61 Å². The number of rotatable bonds is 7. The summed E-state index contributed by atoms with van der Waals surface area (Å²) in [6.07, 6.45) is 4.59. The first-order valence-electron chi connectivity index (χ1n) is 12.4. The van der Waals surface area contributed by atoms with Crippen molar-refractivity contribution in [1.82, 2.24) is 19.7 Å². The summed E-state index contributed by atoms with van der Waals surface area (Å²) in [5.74, 6) is -0.384. The molecule has 0 spiro atoms. The lowest BCUT2D eigenvalue weighted by Gasteiger charge is -2.03. The van der Waals surface area contributed by atoms with Crippen molar-refractivity contribution in [2.45, 2.75) is 0 Å². The van der Waals surface area contributed by atoms with Gasteiger partial charge in [0.25, 0.3) is 0 Å². The van der Waals surface area contributed by atoms with E-state index in [0.717, 1.165) is 16.7 Å². The quantitative estimate of drug-likeness (QED) is 0.109. The van der Waals surface area contributed by atoms with Gasteiger partial charge in [-0.25, -0.2) is 14.5 Å². The van der Waals surface area contributed by atoms with Gasteiger partial charge in [-0.15, -0.1) is 0 Å². The lowest BCUT2D eigenvalue weighted by atomic mass is 10.2. The van der Waals surface area contributed by atoms with Crippen LogP contribution in [0.4, 0.5) is 0 Å². The van der Waals surface area contributed by atoms with Crippen LogP contribution in [0.25, 0.3) is 50.8 Å². The summed E-state index contributed by atoms with van der Waals surface area (Å²) < 4.78 is 12.9. The summed E-state index contributed by atoms with van der Waals surface area (Å²) in [6, 6.07) is 28.3. The van der Waals surface area contributed by atoms with E-state index in [1.807, 2.05) is 84.9 Å². The molecule has 3 aromatic carbocycles. The van der Waals surface area contributed by atoms with E-state index in [0.29, 0.717) is 28.1 Å². The van der Waals surface area contributed by atoms with Crippen molar-refractivity contribution < 1.29 is 19.1 Å². The second kappa shape index (κ2) is 10.5. The third kappa shape index (κ3) is 4.85. The molecule has 0 aliphatic carbocycles. The number of para-hydroxylation sites is 4. The van der Waals surface area contributed by atoms with Crippen LogP contribution in [0.3, 0.4) is 0 Å². The van der Waals surface area contributed by atoms with Crippen LogP contribution in [0.5, 0.6) is 0 Å². The van der Waals surface area contributed by atoms with Crippen LogP contribution in [-0.2, 0) is 9.53 Å². The van der Waals surface area contributed by atoms with Crippen molar-refractivity contribution in [2.24, 2.45) is 0 Å². The van der Waals surface area contributed by atoms with E-state index >= 15 is 0 Å². The molecule has 0 fully saturated rings. The van der Waals surface area contributed by atoms with Crippen molar-refractivity contribution in [3.63, 3.8) is 0 Å². The number of imidazole rings is 1. The number of benzene rings is 3. The molecule has 0 amide bonds. The highest BCUT2D eigenvalue weighted by atomic mass is 16.5. The smallest absolute Gasteiger partial charge is 0.331 e. The second-order valence-electron chi connectivity index (χ2n) is 8.84. The Labute approximate surface area is 227 Å². The third-order valence-corrected chi connectivity index (χ3v) is 6.20. The van der Waals surface area contributed by atoms with Gasteiger partial charge in [-0.3, -0.25) is 0 Å². The van der Waals surface area contributed by atoms with Gasteiger partial charge in [0.1, 0.15) is 29.5 Å². The molecule has 0 unspecified atom stereocenters. The zero-order valence-corrected chi connectivity index (χ0v) is 21.0. The molecule has 6 aromatic rings. The van der Waals surface area contributed by atoms with Crippen LogP contribution in [0.15, 0.2) is 107 Å². The average Bonchev–Trinajstić information content (AvgIpc) is 3.72. The van der Waals surface area contributed by atoms with Crippen LogP contribution in [0.1, 0.15) is 11.4 Å². The highest BCUT2D eigenvalue weighted by Crippen LogP contribution is 2.30. The van der Waals surface area contributed by atoms with E-state index in [-0.39, 0.29) is 11.4 Å². The number of hydrogen-bond acceptors (Lipinski definition) is 7. The molecular formula is C31H21N5O4. The number of aliphatic hydroxyl groups excluding tert-OH is 1. The minimum Gasteiger partial charge on any atom is -0.507 e. The molecule has 0 radical (unpaired) electrons. The number of ether oxygens (including phenoxy) is 1. The Morgan fingerprint density at radius 3 is 2.65 bits per heavy atom. The van der Waals surface area contributed by atoms with Crippen molar-refractivity contribution >= 4 is 39.6 Å². The fourth-order valence-corrected chi connectivity index (χ4v) is 4.26. The van der Waals surface area contributed by atoms with Gasteiger partial charge in [0.05, 0.1) is 16.7 Å². The Hall–Kier alpha value is -5.88. The Kier molecular flexibility index (Phi) is 6.40. The van der Waals surface area contributed by atoms with Crippen LogP contribution in [0, 0.1) is 11.3 Å². The number of aromatic nitrogens is 4. The average molecular weight is 528 g/mol. The SMILES string of the molecule is N#CC(=C(O)COC(=O)/C=C/c1cn(-c2ccccc2)nc1-c1cc2ccccc2o1)c1nc2ccccc2[nH]1. The maximum absolute atomic E-state index is 12.6. The first kappa shape index (κ1) is 24.5. The standard InChI is InChI=1S/C31H21N5O4/c32-17-23(31-33-24-11-5-6-12-25(24)34-31)26(37)19-39-29(38)15-14-21-18-36(22-9-2-1-3-10-22)35-30(21)28-16-20-8-4-7-13-27(20)40-28/h1-16,18,37H,19H2,(H,33,34)/b15-14+,26-23?. The molecule has 0 saturated carbocycles.